The van der Waals surface area contributed by atoms with Crippen molar-refractivity contribution >= 4 is 11.9 Å². The molecule has 1 aromatic rings. The summed E-state index contributed by atoms with van der Waals surface area (Å²) in [6.45, 7) is 9.51. The molecular formula is C19H28O4. The molecule has 0 aliphatic heterocycles. The van der Waals surface area contributed by atoms with E-state index in [0.717, 1.165) is 18.4 Å². The van der Waals surface area contributed by atoms with Crippen molar-refractivity contribution in [2.24, 2.45) is 11.3 Å². The Morgan fingerprint density at radius 2 is 1.70 bits per heavy atom. The van der Waals surface area contributed by atoms with E-state index < -0.39 is 6.10 Å². The average molecular weight is 320 g/mol. The van der Waals surface area contributed by atoms with Gasteiger partial charge < -0.3 is 9.47 Å². The van der Waals surface area contributed by atoms with Crippen molar-refractivity contribution in [1.82, 2.24) is 0 Å². The summed E-state index contributed by atoms with van der Waals surface area (Å²) in [5.74, 6) is -0.736. The molecule has 4 nitrogen and oxygen atoms in total. The number of ether oxygens (including phenoxy) is 2. The zero-order chi connectivity index (χ0) is 17.5. The predicted molar refractivity (Wildman–Crippen MR) is 89.8 cm³/mol. The second-order valence-corrected chi connectivity index (χ2v) is 6.73. The van der Waals surface area contributed by atoms with Gasteiger partial charge in [-0.1, -0.05) is 57.5 Å². The van der Waals surface area contributed by atoms with Crippen molar-refractivity contribution in [3.8, 4) is 0 Å². The fraction of sp³-hybridized carbons (Fsp3) is 0.579. The summed E-state index contributed by atoms with van der Waals surface area (Å²) < 4.78 is 10.8. The minimum atomic E-state index is -0.418. The van der Waals surface area contributed by atoms with Crippen molar-refractivity contribution < 1.29 is 19.1 Å². The Kier molecular flexibility index (Phi) is 7.27. The standard InChI is InChI=1S/C19H28O4/c1-6-19(4,5)12-17(13-22-14(2)20)18(23-15(3)21)16-10-8-7-9-11-16/h7-11,17-18H,6,12-13H2,1-5H3. The first-order valence-electron chi connectivity index (χ1n) is 8.10. The van der Waals surface area contributed by atoms with Crippen LogP contribution in [0.4, 0.5) is 0 Å². The maximum absolute atomic E-state index is 11.6. The lowest BCUT2D eigenvalue weighted by atomic mass is 9.77. The highest BCUT2D eigenvalue weighted by atomic mass is 16.6. The smallest absolute Gasteiger partial charge is 0.303 e. The van der Waals surface area contributed by atoms with Gasteiger partial charge in [0.2, 0.25) is 0 Å². The number of rotatable bonds is 8. The highest BCUT2D eigenvalue weighted by molar-refractivity contribution is 5.66. The Labute approximate surface area is 139 Å². The van der Waals surface area contributed by atoms with Crippen LogP contribution in [0.5, 0.6) is 0 Å². The van der Waals surface area contributed by atoms with Gasteiger partial charge in [-0.25, -0.2) is 0 Å². The van der Waals surface area contributed by atoms with Crippen molar-refractivity contribution in [2.45, 2.75) is 53.6 Å². The van der Waals surface area contributed by atoms with E-state index >= 15 is 0 Å². The molecule has 0 aliphatic carbocycles. The van der Waals surface area contributed by atoms with Gasteiger partial charge in [0.05, 0.1) is 6.61 Å². The molecule has 0 bridgehead atoms. The third kappa shape index (κ3) is 6.85. The molecule has 4 heteroatoms. The number of esters is 2. The Morgan fingerprint density at radius 3 is 2.17 bits per heavy atom. The van der Waals surface area contributed by atoms with Crippen molar-refractivity contribution in [1.29, 1.82) is 0 Å². The summed E-state index contributed by atoms with van der Waals surface area (Å²) in [7, 11) is 0. The van der Waals surface area contributed by atoms with Crippen LogP contribution in [0.25, 0.3) is 0 Å². The van der Waals surface area contributed by atoms with Crippen LogP contribution >= 0.6 is 0 Å². The lowest BCUT2D eigenvalue weighted by Crippen LogP contribution is -2.28. The van der Waals surface area contributed by atoms with Crippen LogP contribution in [0.3, 0.4) is 0 Å². The van der Waals surface area contributed by atoms with Gasteiger partial charge in [0.1, 0.15) is 6.10 Å². The highest BCUT2D eigenvalue weighted by Crippen LogP contribution is 2.37. The SMILES string of the molecule is CCC(C)(C)CC(COC(C)=O)C(OC(C)=O)c1ccccc1. The molecule has 1 rings (SSSR count). The summed E-state index contributed by atoms with van der Waals surface area (Å²) >= 11 is 0. The van der Waals surface area contributed by atoms with Crippen LogP contribution in [0.2, 0.25) is 0 Å². The van der Waals surface area contributed by atoms with Crippen LogP contribution in [0.15, 0.2) is 30.3 Å². The Bertz CT molecular complexity index is 507. The Hall–Kier alpha value is -1.84. The van der Waals surface area contributed by atoms with E-state index in [9.17, 15) is 9.59 Å². The van der Waals surface area contributed by atoms with Gasteiger partial charge in [-0.15, -0.1) is 0 Å². The monoisotopic (exact) mass is 320 g/mol. The molecule has 0 aromatic heterocycles. The van der Waals surface area contributed by atoms with Gasteiger partial charge in [-0.2, -0.15) is 0 Å². The molecule has 2 unspecified atom stereocenters. The number of carbonyl (C=O) groups excluding carboxylic acids is 2. The third-order valence-electron chi connectivity index (χ3n) is 4.12. The van der Waals surface area contributed by atoms with Crippen molar-refractivity contribution in [3.05, 3.63) is 35.9 Å². The first-order valence-corrected chi connectivity index (χ1v) is 8.10. The largest absolute Gasteiger partial charge is 0.465 e. The molecule has 0 radical (unpaired) electrons. The van der Waals surface area contributed by atoms with E-state index in [1.165, 1.54) is 13.8 Å². The first kappa shape index (κ1) is 19.2. The van der Waals surface area contributed by atoms with Gasteiger partial charge in [0.15, 0.2) is 0 Å². The molecule has 1 aromatic carbocycles. The lowest BCUT2D eigenvalue weighted by Gasteiger charge is -2.33. The maximum atomic E-state index is 11.6. The van der Waals surface area contributed by atoms with E-state index in [2.05, 4.69) is 20.8 Å². The minimum Gasteiger partial charge on any atom is -0.465 e. The number of benzene rings is 1. The zero-order valence-electron chi connectivity index (χ0n) is 14.8. The van der Waals surface area contributed by atoms with Gasteiger partial charge in [-0.3, -0.25) is 9.59 Å². The molecule has 0 fully saturated rings. The van der Waals surface area contributed by atoms with Gasteiger partial charge >= 0.3 is 11.9 Å². The van der Waals surface area contributed by atoms with E-state index in [1.807, 2.05) is 30.3 Å². The predicted octanol–water partition coefficient (Wildman–Crippen LogP) is 4.30. The molecule has 0 heterocycles. The van der Waals surface area contributed by atoms with Gasteiger partial charge in [-0.05, 0) is 17.4 Å². The summed E-state index contributed by atoms with van der Waals surface area (Å²) in [5.41, 5.74) is 0.990. The summed E-state index contributed by atoms with van der Waals surface area (Å²) in [6.07, 6.45) is 1.37. The summed E-state index contributed by atoms with van der Waals surface area (Å²) in [6, 6.07) is 9.63. The molecule has 0 aliphatic rings. The maximum Gasteiger partial charge on any atom is 0.303 e. The number of carbonyl (C=O) groups is 2. The van der Waals surface area contributed by atoms with Gasteiger partial charge in [0.25, 0.3) is 0 Å². The lowest BCUT2D eigenvalue weighted by molar-refractivity contribution is -0.154. The minimum absolute atomic E-state index is 0.0675. The molecule has 23 heavy (non-hydrogen) atoms. The van der Waals surface area contributed by atoms with Crippen LogP contribution < -0.4 is 0 Å². The third-order valence-corrected chi connectivity index (χ3v) is 4.12. The molecule has 0 spiro atoms. The van der Waals surface area contributed by atoms with Crippen LogP contribution in [-0.2, 0) is 19.1 Å². The molecule has 2 atom stereocenters. The summed E-state index contributed by atoms with van der Waals surface area (Å²) in [5, 5.41) is 0. The molecule has 0 saturated heterocycles. The Morgan fingerprint density at radius 1 is 1.09 bits per heavy atom. The summed E-state index contributed by atoms with van der Waals surface area (Å²) in [4.78, 5) is 22.8. The zero-order valence-corrected chi connectivity index (χ0v) is 14.8. The second-order valence-electron chi connectivity index (χ2n) is 6.73. The normalized spacial score (nSPS) is 14.0. The first-order chi connectivity index (χ1) is 10.7. The highest BCUT2D eigenvalue weighted by Gasteiger charge is 2.32. The van der Waals surface area contributed by atoms with Gasteiger partial charge in [0, 0.05) is 19.8 Å². The quantitative estimate of drug-likeness (QED) is 0.670. The average Bonchev–Trinajstić information content (AvgIpc) is 2.49. The van der Waals surface area contributed by atoms with Crippen LogP contribution in [-0.4, -0.2) is 18.5 Å². The second kappa shape index (κ2) is 8.70. The number of hydrogen-bond acceptors (Lipinski definition) is 4. The number of hydrogen-bond donors (Lipinski definition) is 0. The molecule has 128 valence electrons. The Balaban J connectivity index is 3.08. The topological polar surface area (TPSA) is 52.6 Å². The van der Waals surface area contributed by atoms with E-state index in [-0.39, 0.29) is 29.9 Å². The van der Waals surface area contributed by atoms with Crippen LogP contribution in [0, 0.1) is 11.3 Å². The molecular weight excluding hydrogens is 292 g/mol. The fourth-order valence-corrected chi connectivity index (χ4v) is 2.59. The van der Waals surface area contributed by atoms with Crippen molar-refractivity contribution in [3.63, 3.8) is 0 Å². The molecule has 0 amide bonds. The van der Waals surface area contributed by atoms with Crippen molar-refractivity contribution in [2.75, 3.05) is 6.61 Å². The van der Waals surface area contributed by atoms with E-state index in [0.29, 0.717) is 0 Å². The molecule has 0 saturated carbocycles. The van der Waals surface area contributed by atoms with Crippen LogP contribution in [0.1, 0.15) is 59.1 Å². The van der Waals surface area contributed by atoms with E-state index in [1.54, 1.807) is 0 Å². The molecule has 0 N–H and O–H groups in total. The fourth-order valence-electron chi connectivity index (χ4n) is 2.59. The van der Waals surface area contributed by atoms with E-state index in [4.69, 9.17) is 9.47 Å².